The maximum atomic E-state index is 11.0. The number of nitrogens with one attached hydrogen (secondary N) is 1. The highest BCUT2D eigenvalue weighted by Crippen LogP contribution is 2.31. The van der Waals surface area contributed by atoms with Crippen molar-refractivity contribution >= 4 is 32.6 Å². The van der Waals surface area contributed by atoms with E-state index in [0.717, 1.165) is 29.5 Å². The van der Waals surface area contributed by atoms with Gasteiger partial charge in [-0.2, -0.15) is 0 Å². The molecule has 1 aliphatic rings. The van der Waals surface area contributed by atoms with Gasteiger partial charge in [-0.25, -0.2) is 0 Å². The first-order valence-electron chi connectivity index (χ1n) is 7.25. The first-order valence-corrected chi connectivity index (χ1v) is 8.04. The zero-order valence-electron chi connectivity index (χ0n) is 12.0. The third-order valence-electron chi connectivity index (χ3n) is 3.57. The Morgan fingerprint density at radius 2 is 2.14 bits per heavy atom. The summed E-state index contributed by atoms with van der Waals surface area (Å²) < 4.78 is 6.94. The topological polar surface area (TPSA) is 38.3 Å². The standard InChI is InChI=1S/C17H18BrNO2/c1-11(20)19-7-6-13-9-14(18)8-12-2-3-16(10-17(12)13)21-15-4-5-15/h2-3,8-10,15H,4-7H2,1H3,(H,19,20). The molecule has 2 aromatic rings. The van der Waals surface area contributed by atoms with E-state index in [1.54, 1.807) is 6.92 Å². The molecule has 1 saturated carbocycles. The van der Waals surface area contributed by atoms with Gasteiger partial charge in [-0.05, 0) is 59.9 Å². The molecular formula is C17H18BrNO2. The molecule has 2 aromatic carbocycles. The van der Waals surface area contributed by atoms with E-state index in [1.165, 1.54) is 16.3 Å². The van der Waals surface area contributed by atoms with Crippen LogP contribution >= 0.6 is 15.9 Å². The lowest BCUT2D eigenvalue weighted by atomic mass is 10.0. The van der Waals surface area contributed by atoms with Gasteiger partial charge in [0.1, 0.15) is 5.75 Å². The average molecular weight is 348 g/mol. The van der Waals surface area contributed by atoms with Crippen molar-refractivity contribution in [3.8, 4) is 5.75 Å². The van der Waals surface area contributed by atoms with Crippen LogP contribution in [0.4, 0.5) is 0 Å². The molecule has 3 nitrogen and oxygen atoms in total. The van der Waals surface area contributed by atoms with Crippen LogP contribution in [-0.4, -0.2) is 18.6 Å². The molecule has 0 heterocycles. The highest BCUT2D eigenvalue weighted by atomic mass is 79.9. The van der Waals surface area contributed by atoms with Gasteiger partial charge in [0, 0.05) is 17.9 Å². The molecule has 1 amide bonds. The van der Waals surface area contributed by atoms with Crippen molar-refractivity contribution in [2.24, 2.45) is 0 Å². The molecule has 1 fully saturated rings. The third-order valence-corrected chi connectivity index (χ3v) is 4.03. The van der Waals surface area contributed by atoms with Crippen LogP contribution < -0.4 is 10.1 Å². The Hall–Kier alpha value is -1.55. The Bertz CT molecular complexity index is 680. The van der Waals surface area contributed by atoms with E-state index in [-0.39, 0.29) is 5.91 Å². The minimum Gasteiger partial charge on any atom is -0.490 e. The first kappa shape index (κ1) is 14.4. The number of benzene rings is 2. The Kier molecular flexibility index (Phi) is 4.15. The molecule has 0 bridgehead atoms. The number of rotatable bonds is 5. The average Bonchev–Trinajstić information content (AvgIpc) is 3.23. The smallest absolute Gasteiger partial charge is 0.216 e. The highest BCUT2D eigenvalue weighted by molar-refractivity contribution is 9.10. The Morgan fingerprint density at radius 3 is 2.86 bits per heavy atom. The Labute approximate surface area is 132 Å². The summed E-state index contributed by atoms with van der Waals surface area (Å²) in [7, 11) is 0. The summed E-state index contributed by atoms with van der Waals surface area (Å²) >= 11 is 3.55. The molecule has 0 unspecified atom stereocenters. The number of carbonyl (C=O) groups is 1. The summed E-state index contributed by atoms with van der Waals surface area (Å²) in [6.45, 7) is 2.19. The molecular weight excluding hydrogens is 330 g/mol. The second kappa shape index (κ2) is 6.06. The molecule has 0 aromatic heterocycles. The summed E-state index contributed by atoms with van der Waals surface area (Å²) in [6, 6.07) is 10.5. The van der Waals surface area contributed by atoms with E-state index in [0.29, 0.717) is 12.6 Å². The molecule has 1 N–H and O–H groups in total. The minimum absolute atomic E-state index is 0.00654. The second-order valence-corrected chi connectivity index (χ2v) is 6.41. The number of hydrogen-bond donors (Lipinski definition) is 1. The van der Waals surface area contributed by atoms with Gasteiger partial charge in [-0.15, -0.1) is 0 Å². The summed E-state index contributed by atoms with van der Waals surface area (Å²) in [4.78, 5) is 11.0. The van der Waals surface area contributed by atoms with E-state index in [1.807, 2.05) is 6.07 Å². The van der Waals surface area contributed by atoms with E-state index >= 15 is 0 Å². The minimum atomic E-state index is 0.00654. The van der Waals surface area contributed by atoms with Gasteiger partial charge in [0.05, 0.1) is 6.10 Å². The van der Waals surface area contributed by atoms with E-state index in [9.17, 15) is 4.79 Å². The maximum Gasteiger partial charge on any atom is 0.216 e. The summed E-state index contributed by atoms with van der Waals surface area (Å²) in [5.41, 5.74) is 1.22. The van der Waals surface area contributed by atoms with Crippen LogP contribution in [0.5, 0.6) is 5.75 Å². The fourth-order valence-corrected chi connectivity index (χ4v) is 2.93. The molecule has 0 spiro atoms. The first-order chi connectivity index (χ1) is 10.1. The second-order valence-electron chi connectivity index (χ2n) is 5.50. The molecule has 0 aliphatic heterocycles. The number of fused-ring (bicyclic) bond motifs is 1. The van der Waals surface area contributed by atoms with Crippen LogP contribution in [0.15, 0.2) is 34.8 Å². The van der Waals surface area contributed by atoms with Crippen molar-refractivity contribution in [2.75, 3.05) is 6.54 Å². The van der Waals surface area contributed by atoms with Gasteiger partial charge in [0.25, 0.3) is 0 Å². The van der Waals surface area contributed by atoms with E-state index < -0.39 is 0 Å². The monoisotopic (exact) mass is 347 g/mol. The van der Waals surface area contributed by atoms with Crippen molar-refractivity contribution in [3.63, 3.8) is 0 Å². The normalized spacial score (nSPS) is 14.2. The van der Waals surface area contributed by atoms with Crippen LogP contribution in [0.3, 0.4) is 0 Å². The fraction of sp³-hybridized carbons (Fsp3) is 0.353. The van der Waals surface area contributed by atoms with Gasteiger partial charge < -0.3 is 10.1 Å². The Morgan fingerprint density at radius 1 is 1.33 bits per heavy atom. The van der Waals surface area contributed by atoms with Crippen molar-refractivity contribution in [2.45, 2.75) is 32.3 Å². The zero-order chi connectivity index (χ0) is 14.8. The van der Waals surface area contributed by atoms with Gasteiger partial charge in [-0.3, -0.25) is 4.79 Å². The summed E-state index contributed by atoms with van der Waals surface area (Å²) in [6.07, 6.45) is 3.53. The molecule has 3 rings (SSSR count). The zero-order valence-corrected chi connectivity index (χ0v) is 13.6. The maximum absolute atomic E-state index is 11.0. The lowest BCUT2D eigenvalue weighted by Crippen LogP contribution is -2.22. The Balaban J connectivity index is 1.89. The fourth-order valence-electron chi connectivity index (χ4n) is 2.41. The largest absolute Gasteiger partial charge is 0.490 e. The molecule has 21 heavy (non-hydrogen) atoms. The summed E-state index contributed by atoms with van der Waals surface area (Å²) in [5, 5.41) is 5.23. The van der Waals surface area contributed by atoms with Crippen LogP contribution in [0.1, 0.15) is 25.3 Å². The number of amides is 1. The number of ether oxygens (including phenoxy) is 1. The molecule has 1 aliphatic carbocycles. The highest BCUT2D eigenvalue weighted by Gasteiger charge is 2.23. The van der Waals surface area contributed by atoms with Crippen molar-refractivity contribution in [1.29, 1.82) is 0 Å². The van der Waals surface area contributed by atoms with Crippen LogP contribution in [0, 0.1) is 0 Å². The molecule has 110 valence electrons. The van der Waals surface area contributed by atoms with Crippen molar-refractivity contribution in [1.82, 2.24) is 5.32 Å². The molecule has 0 radical (unpaired) electrons. The number of halogens is 1. The van der Waals surface area contributed by atoms with Crippen molar-refractivity contribution < 1.29 is 9.53 Å². The van der Waals surface area contributed by atoms with Gasteiger partial charge in [0.15, 0.2) is 0 Å². The number of carbonyl (C=O) groups excluding carboxylic acids is 1. The van der Waals surface area contributed by atoms with Gasteiger partial charge in [0.2, 0.25) is 5.91 Å². The quantitative estimate of drug-likeness (QED) is 0.892. The van der Waals surface area contributed by atoms with Crippen LogP contribution in [0.25, 0.3) is 10.8 Å². The number of hydrogen-bond acceptors (Lipinski definition) is 2. The van der Waals surface area contributed by atoms with Gasteiger partial charge in [-0.1, -0.05) is 22.0 Å². The van der Waals surface area contributed by atoms with Crippen LogP contribution in [0.2, 0.25) is 0 Å². The van der Waals surface area contributed by atoms with Crippen LogP contribution in [-0.2, 0) is 11.2 Å². The molecule has 0 saturated heterocycles. The molecule has 4 heteroatoms. The summed E-state index contributed by atoms with van der Waals surface area (Å²) in [5.74, 6) is 0.945. The van der Waals surface area contributed by atoms with E-state index in [2.05, 4.69) is 45.5 Å². The molecule has 0 atom stereocenters. The lowest BCUT2D eigenvalue weighted by molar-refractivity contribution is -0.118. The van der Waals surface area contributed by atoms with Gasteiger partial charge >= 0.3 is 0 Å². The predicted molar refractivity (Wildman–Crippen MR) is 87.7 cm³/mol. The van der Waals surface area contributed by atoms with Crippen molar-refractivity contribution in [3.05, 3.63) is 40.4 Å². The lowest BCUT2D eigenvalue weighted by Gasteiger charge is -2.11. The third kappa shape index (κ3) is 3.76. The van der Waals surface area contributed by atoms with E-state index in [4.69, 9.17) is 4.74 Å². The predicted octanol–water partition coefficient (Wildman–Crippen LogP) is 3.82. The SMILES string of the molecule is CC(=O)NCCc1cc(Br)cc2ccc(OC3CC3)cc12.